The summed E-state index contributed by atoms with van der Waals surface area (Å²) in [5.74, 6) is 0. The van der Waals surface area contributed by atoms with Gasteiger partial charge in [-0.25, -0.2) is 0 Å². The standard InChI is InChI=1S/C10H14.C2H2/c1-2-3-7-10-8-5-4-6-9-10;1-2/h4-6,8-9H,2-3,7H2,1H3;1-2H. The van der Waals surface area contributed by atoms with Crippen molar-refractivity contribution < 1.29 is 0 Å². The van der Waals surface area contributed by atoms with E-state index in [1.807, 2.05) is 0 Å². The van der Waals surface area contributed by atoms with Crippen LogP contribution in [-0.2, 0) is 6.42 Å². The monoisotopic (exact) mass is 160 g/mol. The molecule has 0 aromatic heterocycles. The quantitative estimate of drug-likeness (QED) is 0.595. The van der Waals surface area contributed by atoms with E-state index in [9.17, 15) is 0 Å². The molecule has 0 radical (unpaired) electrons. The van der Waals surface area contributed by atoms with E-state index < -0.39 is 0 Å². The second kappa shape index (κ2) is 7.88. The molecular weight excluding hydrogens is 144 g/mol. The van der Waals surface area contributed by atoms with Gasteiger partial charge in [0.05, 0.1) is 0 Å². The third kappa shape index (κ3) is 4.57. The van der Waals surface area contributed by atoms with Gasteiger partial charge < -0.3 is 0 Å². The van der Waals surface area contributed by atoms with Crippen LogP contribution in [0, 0.1) is 12.8 Å². The highest BCUT2D eigenvalue weighted by molar-refractivity contribution is 5.14. The number of rotatable bonds is 3. The van der Waals surface area contributed by atoms with E-state index in [1.54, 1.807) is 0 Å². The van der Waals surface area contributed by atoms with Crippen LogP contribution in [0.2, 0.25) is 0 Å². The van der Waals surface area contributed by atoms with Gasteiger partial charge in [-0.3, -0.25) is 0 Å². The van der Waals surface area contributed by atoms with Gasteiger partial charge in [0.1, 0.15) is 0 Å². The Morgan fingerprint density at radius 1 is 1.08 bits per heavy atom. The average molecular weight is 160 g/mol. The summed E-state index contributed by atoms with van der Waals surface area (Å²) in [6.45, 7) is 2.23. The third-order valence-corrected chi connectivity index (χ3v) is 1.66. The fourth-order valence-electron chi connectivity index (χ4n) is 1.03. The minimum atomic E-state index is 1.23. The fraction of sp³-hybridized carbons (Fsp3) is 0.333. The molecule has 0 bridgehead atoms. The summed E-state index contributed by atoms with van der Waals surface area (Å²) >= 11 is 0. The maximum atomic E-state index is 4.00. The Balaban J connectivity index is 0.000000561. The smallest absolute Gasteiger partial charge is 0.0279 e. The first-order chi connectivity index (χ1) is 5.93. The lowest BCUT2D eigenvalue weighted by atomic mass is 10.1. The molecule has 64 valence electrons. The number of terminal acetylenes is 1. The minimum Gasteiger partial charge on any atom is -0.124 e. The van der Waals surface area contributed by atoms with Crippen LogP contribution in [0.1, 0.15) is 25.3 Å². The van der Waals surface area contributed by atoms with Gasteiger partial charge in [0, 0.05) is 0 Å². The first kappa shape index (κ1) is 10.8. The van der Waals surface area contributed by atoms with E-state index in [-0.39, 0.29) is 0 Å². The number of benzene rings is 1. The van der Waals surface area contributed by atoms with Crippen molar-refractivity contribution in [1.29, 1.82) is 0 Å². The first-order valence-electron chi connectivity index (χ1n) is 4.30. The molecular formula is C12H16. The lowest BCUT2D eigenvalue weighted by molar-refractivity contribution is 0.795. The first-order valence-corrected chi connectivity index (χ1v) is 4.30. The highest BCUT2D eigenvalue weighted by atomic mass is 13.9. The molecule has 0 saturated carbocycles. The van der Waals surface area contributed by atoms with Crippen molar-refractivity contribution in [1.82, 2.24) is 0 Å². The van der Waals surface area contributed by atoms with Gasteiger partial charge in [-0.05, 0) is 18.4 Å². The molecule has 0 spiro atoms. The zero-order valence-corrected chi connectivity index (χ0v) is 7.66. The average Bonchev–Trinajstić information content (AvgIpc) is 2.19. The van der Waals surface area contributed by atoms with Crippen LogP contribution in [0.5, 0.6) is 0 Å². The molecule has 1 aromatic carbocycles. The van der Waals surface area contributed by atoms with Crippen LogP contribution in [0.25, 0.3) is 0 Å². The van der Waals surface area contributed by atoms with Crippen molar-refractivity contribution in [2.24, 2.45) is 0 Å². The van der Waals surface area contributed by atoms with E-state index in [0.717, 1.165) is 0 Å². The second-order valence-electron chi connectivity index (χ2n) is 2.59. The molecule has 0 nitrogen and oxygen atoms in total. The van der Waals surface area contributed by atoms with Gasteiger partial charge in [-0.15, -0.1) is 12.8 Å². The van der Waals surface area contributed by atoms with Crippen LogP contribution in [0.4, 0.5) is 0 Å². The summed E-state index contributed by atoms with van der Waals surface area (Å²) in [7, 11) is 0. The molecule has 0 aliphatic heterocycles. The van der Waals surface area contributed by atoms with E-state index >= 15 is 0 Å². The summed E-state index contributed by atoms with van der Waals surface area (Å²) in [6, 6.07) is 10.6. The van der Waals surface area contributed by atoms with Gasteiger partial charge in [-0.2, -0.15) is 0 Å². The van der Waals surface area contributed by atoms with Crippen LogP contribution >= 0.6 is 0 Å². The predicted octanol–water partition coefficient (Wildman–Crippen LogP) is 3.28. The number of hydrogen-bond donors (Lipinski definition) is 0. The van der Waals surface area contributed by atoms with Gasteiger partial charge in [0.15, 0.2) is 0 Å². The van der Waals surface area contributed by atoms with Crippen molar-refractivity contribution in [3.63, 3.8) is 0 Å². The van der Waals surface area contributed by atoms with E-state index in [4.69, 9.17) is 0 Å². The molecule has 0 heterocycles. The number of hydrogen-bond acceptors (Lipinski definition) is 0. The molecule has 0 aliphatic rings. The van der Waals surface area contributed by atoms with E-state index in [1.165, 1.54) is 24.8 Å². The Bertz CT molecular complexity index is 196. The molecule has 0 unspecified atom stereocenters. The summed E-state index contributed by atoms with van der Waals surface area (Å²) in [4.78, 5) is 0. The Kier molecular flexibility index (Phi) is 7.08. The summed E-state index contributed by atoms with van der Waals surface area (Å²) < 4.78 is 0. The Hall–Kier alpha value is -1.22. The van der Waals surface area contributed by atoms with Crippen LogP contribution in [0.15, 0.2) is 30.3 Å². The Morgan fingerprint density at radius 2 is 1.67 bits per heavy atom. The Morgan fingerprint density at radius 3 is 2.17 bits per heavy atom. The van der Waals surface area contributed by atoms with Crippen molar-refractivity contribution in [3.05, 3.63) is 35.9 Å². The normalized spacial score (nSPS) is 8.25. The molecule has 12 heavy (non-hydrogen) atoms. The van der Waals surface area contributed by atoms with Crippen molar-refractivity contribution in [3.8, 4) is 12.8 Å². The van der Waals surface area contributed by atoms with Crippen molar-refractivity contribution >= 4 is 0 Å². The maximum Gasteiger partial charge on any atom is -0.0279 e. The zero-order valence-electron chi connectivity index (χ0n) is 7.66. The molecule has 0 saturated heterocycles. The largest absolute Gasteiger partial charge is 0.124 e. The molecule has 0 atom stereocenters. The zero-order chi connectivity index (χ0) is 9.23. The SMILES string of the molecule is C#C.CCCCc1ccccc1. The highest BCUT2D eigenvalue weighted by Crippen LogP contribution is 2.03. The topological polar surface area (TPSA) is 0 Å². The number of unbranched alkanes of at least 4 members (excludes halogenated alkanes) is 1. The Labute approximate surface area is 75.6 Å². The lowest BCUT2D eigenvalue weighted by Crippen LogP contribution is -1.81. The van der Waals surface area contributed by atoms with E-state index in [0.29, 0.717) is 0 Å². The minimum absolute atomic E-state index is 1.23. The molecule has 0 N–H and O–H groups in total. The summed E-state index contributed by atoms with van der Waals surface area (Å²) in [5, 5.41) is 0. The van der Waals surface area contributed by atoms with Gasteiger partial charge >= 0.3 is 0 Å². The molecule has 0 fully saturated rings. The fourth-order valence-corrected chi connectivity index (χ4v) is 1.03. The molecule has 1 rings (SSSR count). The van der Waals surface area contributed by atoms with Crippen LogP contribution in [-0.4, -0.2) is 0 Å². The maximum absolute atomic E-state index is 4.00. The predicted molar refractivity (Wildman–Crippen MR) is 54.9 cm³/mol. The molecule has 0 amide bonds. The second-order valence-corrected chi connectivity index (χ2v) is 2.59. The molecule has 0 heteroatoms. The molecule has 1 aromatic rings. The van der Waals surface area contributed by atoms with Gasteiger partial charge in [0.2, 0.25) is 0 Å². The van der Waals surface area contributed by atoms with Crippen LogP contribution < -0.4 is 0 Å². The summed E-state index contributed by atoms with van der Waals surface area (Å²) in [6.07, 6.45) is 11.8. The summed E-state index contributed by atoms with van der Waals surface area (Å²) in [5.41, 5.74) is 1.46. The molecule has 0 aliphatic carbocycles. The number of aryl methyl sites for hydroxylation is 1. The van der Waals surface area contributed by atoms with Crippen molar-refractivity contribution in [2.75, 3.05) is 0 Å². The van der Waals surface area contributed by atoms with E-state index in [2.05, 4.69) is 50.1 Å². The van der Waals surface area contributed by atoms with Crippen molar-refractivity contribution in [2.45, 2.75) is 26.2 Å². The highest BCUT2D eigenvalue weighted by Gasteiger charge is 1.87. The third-order valence-electron chi connectivity index (χ3n) is 1.66. The lowest BCUT2D eigenvalue weighted by Gasteiger charge is -1.96. The van der Waals surface area contributed by atoms with Gasteiger partial charge in [-0.1, -0.05) is 43.7 Å². The van der Waals surface area contributed by atoms with Crippen LogP contribution in [0.3, 0.4) is 0 Å². The van der Waals surface area contributed by atoms with Gasteiger partial charge in [0.25, 0.3) is 0 Å².